The molecule has 6 heteroatoms. The van der Waals surface area contributed by atoms with Gasteiger partial charge in [0.1, 0.15) is 5.75 Å². The number of pyridine rings is 1. The SMILES string of the molecule is CC1(C)OB(c2ncc(OC3CC3)cc2Cl)OC1(C)C. The van der Waals surface area contributed by atoms with E-state index in [0.717, 1.165) is 12.8 Å². The molecule has 1 aromatic rings. The molecule has 1 aliphatic carbocycles. The number of hydrogen-bond donors (Lipinski definition) is 0. The highest BCUT2D eigenvalue weighted by atomic mass is 35.5. The molecule has 0 spiro atoms. The van der Waals surface area contributed by atoms with Gasteiger partial charge in [-0.25, -0.2) is 0 Å². The molecule has 1 aromatic heterocycles. The summed E-state index contributed by atoms with van der Waals surface area (Å²) in [6.45, 7) is 8.02. The van der Waals surface area contributed by atoms with Crippen LogP contribution in [0.3, 0.4) is 0 Å². The van der Waals surface area contributed by atoms with E-state index in [0.29, 0.717) is 22.5 Å². The van der Waals surface area contributed by atoms with Gasteiger partial charge in [-0.1, -0.05) is 11.6 Å². The molecule has 0 bridgehead atoms. The molecule has 2 aliphatic rings. The van der Waals surface area contributed by atoms with Crippen LogP contribution in [-0.2, 0) is 9.31 Å². The van der Waals surface area contributed by atoms with Crippen molar-refractivity contribution in [2.75, 3.05) is 0 Å². The Bertz CT molecular complexity index is 515. The van der Waals surface area contributed by atoms with Crippen LogP contribution in [0, 0.1) is 0 Å². The molecule has 2 fully saturated rings. The van der Waals surface area contributed by atoms with Gasteiger partial charge in [0.05, 0.1) is 34.1 Å². The lowest BCUT2D eigenvalue weighted by molar-refractivity contribution is 0.00578. The normalized spacial score (nSPS) is 23.9. The molecule has 3 rings (SSSR count). The van der Waals surface area contributed by atoms with Crippen LogP contribution in [0.4, 0.5) is 0 Å². The summed E-state index contributed by atoms with van der Waals surface area (Å²) < 4.78 is 17.6. The Kier molecular flexibility index (Phi) is 3.27. The molecule has 0 aromatic carbocycles. The predicted octanol–water partition coefficient (Wildman–Crippen LogP) is 2.58. The maximum absolute atomic E-state index is 6.30. The minimum absolute atomic E-state index is 0.329. The van der Waals surface area contributed by atoms with Gasteiger partial charge in [0, 0.05) is 6.07 Å². The predicted molar refractivity (Wildman–Crippen MR) is 78.6 cm³/mol. The zero-order valence-corrected chi connectivity index (χ0v) is 13.0. The van der Waals surface area contributed by atoms with E-state index < -0.39 is 18.3 Å². The first-order valence-electron chi connectivity index (χ1n) is 6.96. The van der Waals surface area contributed by atoms with Gasteiger partial charge in [0.2, 0.25) is 0 Å². The molecule has 1 saturated heterocycles. The number of aromatic nitrogens is 1. The molecule has 20 heavy (non-hydrogen) atoms. The fourth-order valence-electron chi connectivity index (χ4n) is 2.00. The second-order valence-corrected chi connectivity index (χ2v) is 6.85. The lowest BCUT2D eigenvalue weighted by Crippen LogP contribution is -2.41. The average Bonchev–Trinajstić information content (AvgIpc) is 3.07. The van der Waals surface area contributed by atoms with Crippen molar-refractivity contribution in [3.05, 3.63) is 17.3 Å². The summed E-state index contributed by atoms with van der Waals surface area (Å²) >= 11 is 6.30. The Labute approximate surface area is 124 Å². The Hall–Kier alpha value is -0.775. The third-order valence-corrected chi connectivity index (χ3v) is 4.45. The van der Waals surface area contributed by atoms with Gasteiger partial charge < -0.3 is 14.0 Å². The monoisotopic (exact) mass is 295 g/mol. The largest absolute Gasteiger partial charge is 0.516 e. The summed E-state index contributed by atoms with van der Waals surface area (Å²) in [6.07, 6.45) is 4.23. The Morgan fingerprint density at radius 2 is 1.85 bits per heavy atom. The van der Waals surface area contributed by atoms with Crippen LogP contribution in [0.2, 0.25) is 5.02 Å². The summed E-state index contributed by atoms with van der Waals surface area (Å²) in [4.78, 5) is 4.37. The van der Waals surface area contributed by atoms with E-state index in [9.17, 15) is 0 Å². The fraction of sp³-hybridized carbons (Fsp3) is 0.643. The maximum atomic E-state index is 6.30. The van der Waals surface area contributed by atoms with E-state index in [4.69, 9.17) is 25.6 Å². The van der Waals surface area contributed by atoms with E-state index >= 15 is 0 Å². The highest BCUT2D eigenvalue weighted by molar-refractivity contribution is 6.64. The zero-order chi connectivity index (χ0) is 14.5. The second-order valence-electron chi connectivity index (χ2n) is 6.44. The average molecular weight is 296 g/mol. The molecule has 0 unspecified atom stereocenters. The van der Waals surface area contributed by atoms with Crippen molar-refractivity contribution in [2.45, 2.75) is 57.8 Å². The van der Waals surface area contributed by atoms with Crippen molar-refractivity contribution in [1.82, 2.24) is 4.98 Å². The summed E-state index contributed by atoms with van der Waals surface area (Å²) in [5, 5.41) is 0.515. The van der Waals surface area contributed by atoms with Crippen LogP contribution in [0.15, 0.2) is 12.3 Å². The van der Waals surface area contributed by atoms with Crippen LogP contribution in [-0.4, -0.2) is 29.4 Å². The zero-order valence-electron chi connectivity index (χ0n) is 12.3. The van der Waals surface area contributed by atoms with Crippen LogP contribution in [0.5, 0.6) is 5.75 Å². The first-order chi connectivity index (χ1) is 9.28. The first-order valence-corrected chi connectivity index (χ1v) is 7.34. The van der Waals surface area contributed by atoms with Crippen molar-refractivity contribution >= 4 is 24.3 Å². The van der Waals surface area contributed by atoms with Gasteiger partial charge in [-0.2, -0.15) is 0 Å². The van der Waals surface area contributed by atoms with E-state index in [1.165, 1.54) is 0 Å². The number of ether oxygens (including phenoxy) is 1. The van der Waals surface area contributed by atoms with Gasteiger partial charge >= 0.3 is 7.12 Å². The highest BCUT2D eigenvalue weighted by Gasteiger charge is 2.53. The first kappa shape index (κ1) is 14.2. The summed E-state index contributed by atoms with van der Waals surface area (Å²) in [5.41, 5.74) is -0.189. The third kappa shape index (κ3) is 2.54. The molecule has 4 nitrogen and oxygen atoms in total. The fourth-order valence-corrected chi connectivity index (χ4v) is 2.25. The van der Waals surface area contributed by atoms with E-state index in [2.05, 4.69) is 4.98 Å². The molecular formula is C14H19BClNO3. The molecule has 1 saturated carbocycles. The van der Waals surface area contributed by atoms with Gasteiger partial charge in [-0.3, -0.25) is 4.98 Å². The third-order valence-electron chi connectivity index (χ3n) is 4.15. The van der Waals surface area contributed by atoms with Crippen LogP contribution in [0.1, 0.15) is 40.5 Å². The van der Waals surface area contributed by atoms with Crippen molar-refractivity contribution in [1.29, 1.82) is 0 Å². The number of hydrogen-bond acceptors (Lipinski definition) is 4. The molecule has 1 aliphatic heterocycles. The van der Waals surface area contributed by atoms with Gasteiger partial charge in [-0.15, -0.1) is 0 Å². The summed E-state index contributed by atoms with van der Waals surface area (Å²) in [6, 6.07) is 1.78. The topological polar surface area (TPSA) is 40.6 Å². The number of rotatable bonds is 3. The van der Waals surface area contributed by atoms with Crippen LogP contribution < -0.4 is 10.3 Å². The summed E-state index contributed by atoms with van der Waals surface area (Å²) in [7, 11) is -0.539. The highest BCUT2D eigenvalue weighted by Crippen LogP contribution is 2.37. The minimum atomic E-state index is -0.539. The lowest BCUT2D eigenvalue weighted by atomic mass is 9.84. The molecule has 108 valence electrons. The van der Waals surface area contributed by atoms with Gasteiger partial charge in [0.25, 0.3) is 0 Å². The van der Waals surface area contributed by atoms with E-state index in [1.807, 2.05) is 27.7 Å². The van der Waals surface area contributed by atoms with Gasteiger partial charge in [0.15, 0.2) is 0 Å². The van der Waals surface area contributed by atoms with Gasteiger partial charge in [-0.05, 0) is 40.5 Å². The standard InChI is InChI=1S/C14H19BClNO3/c1-13(2)14(3,4)20-15(19-13)12-11(16)7-10(8-17-12)18-9-5-6-9/h7-9H,5-6H2,1-4H3. The lowest BCUT2D eigenvalue weighted by Gasteiger charge is -2.32. The van der Waals surface area contributed by atoms with Crippen molar-refractivity contribution in [3.8, 4) is 5.75 Å². The smallest absolute Gasteiger partial charge is 0.489 e. The minimum Gasteiger partial charge on any atom is -0.489 e. The van der Waals surface area contributed by atoms with Crippen LogP contribution >= 0.6 is 11.6 Å². The molecular weight excluding hydrogens is 276 g/mol. The molecule has 0 N–H and O–H groups in total. The second kappa shape index (κ2) is 4.62. The quantitative estimate of drug-likeness (QED) is 0.804. The van der Waals surface area contributed by atoms with Crippen molar-refractivity contribution in [3.63, 3.8) is 0 Å². The van der Waals surface area contributed by atoms with Crippen LogP contribution in [0.25, 0.3) is 0 Å². The van der Waals surface area contributed by atoms with Crippen molar-refractivity contribution in [2.24, 2.45) is 0 Å². The molecule has 2 heterocycles. The molecule has 0 atom stereocenters. The Balaban J connectivity index is 1.80. The maximum Gasteiger partial charge on any atom is 0.516 e. The van der Waals surface area contributed by atoms with E-state index in [1.54, 1.807) is 12.3 Å². The Morgan fingerprint density at radius 3 is 2.35 bits per heavy atom. The molecule has 0 amide bonds. The Morgan fingerprint density at radius 1 is 1.25 bits per heavy atom. The van der Waals surface area contributed by atoms with Crippen molar-refractivity contribution < 1.29 is 14.0 Å². The van der Waals surface area contributed by atoms with E-state index in [-0.39, 0.29) is 0 Å². The summed E-state index contributed by atoms with van der Waals surface area (Å²) in [5.74, 6) is 0.706. The number of halogens is 1. The molecule has 0 radical (unpaired) electrons. The number of nitrogens with zero attached hydrogens (tertiary/aromatic N) is 1.